The van der Waals surface area contributed by atoms with Gasteiger partial charge >= 0.3 is 6.09 Å². The maximum absolute atomic E-state index is 10.6. The van der Waals surface area contributed by atoms with Gasteiger partial charge in [-0.3, -0.25) is 4.57 Å². The minimum atomic E-state index is -1.11. The minimum Gasteiger partial charge on any atom is -0.465 e. The summed E-state index contributed by atoms with van der Waals surface area (Å²) in [5, 5.41) is 10.9. The zero-order valence-corrected chi connectivity index (χ0v) is 10.9. The van der Waals surface area contributed by atoms with Crippen LogP contribution in [-0.4, -0.2) is 30.7 Å². The third kappa shape index (κ3) is 2.46. The van der Waals surface area contributed by atoms with Crippen molar-refractivity contribution in [1.29, 1.82) is 0 Å². The van der Waals surface area contributed by atoms with E-state index in [2.05, 4.69) is 20.3 Å². The zero-order chi connectivity index (χ0) is 14.8. The van der Waals surface area contributed by atoms with E-state index in [0.717, 1.165) is 5.69 Å². The fourth-order valence-electron chi connectivity index (χ4n) is 2.00. The van der Waals surface area contributed by atoms with Gasteiger partial charge in [0.1, 0.15) is 18.2 Å². The number of fused-ring (bicyclic) bond motifs is 1. The van der Waals surface area contributed by atoms with Crippen molar-refractivity contribution in [2.75, 3.05) is 5.73 Å². The third-order valence-electron chi connectivity index (χ3n) is 2.99. The number of hydrogen-bond acceptors (Lipinski definition) is 5. The Morgan fingerprint density at radius 1 is 1.24 bits per heavy atom. The number of carboxylic acid groups (broad SMARTS) is 1. The molecule has 8 nitrogen and oxygen atoms in total. The second kappa shape index (κ2) is 5.08. The quantitative estimate of drug-likeness (QED) is 0.621. The second-order valence-electron chi connectivity index (χ2n) is 4.36. The van der Waals surface area contributed by atoms with Gasteiger partial charge in [0.15, 0.2) is 5.65 Å². The van der Waals surface area contributed by atoms with Crippen LogP contribution in [0.5, 0.6) is 0 Å². The molecule has 0 aliphatic heterocycles. The lowest BCUT2D eigenvalue weighted by Crippen LogP contribution is -2.20. The Kier molecular flexibility index (Phi) is 3.11. The van der Waals surface area contributed by atoms with Gasteiger partial charge in [0.2, 0.25) is 0 Å². The molecule has 1 amide bonds. The molecule has 0 atom stereocenters. The molecule has 21 heavy (non-hydrogen) atoms. The molecule has 2 aromatic heterocycles. The fourth-order valence-corrected chi connectivity index (χ4v) is 2.00. The summed E-state index contributed by atoms with van der Waals surface area (Å²) in [5.41, 5.74) is 8.90. The van der Waals surface area contributed by atoms with Crippen molar-refractivity contribution in [3.63, 3.8) is 0 Å². The Morgan fingerprint density at radius 2 is 2.00 bits per heavy atom. The Morgan fingerprint density at radius 3 is 2.71 bits per heavy atom. The lowest BCUT2D eigenvalue weighted by molar-refractivity contribution is 0.194. The lowest BCUT2D eigenvalue weighted by atomic mass is 10.3. The van der Waals surface area contributed by atoms with Crippen LogP contribution in [0.15, 0.2) is 36.9 Å². The highest BCUT2D eigenvalue weighted by atomic mass is 16.4. The van der Waals surface area contributed by atoms with Crippen molar-refractivity contribution in [1.82, 2.24) is 24.8 Å². The van der Waals surface area contributed by atoms with Crippen LogP contribution in [0.25, 0.3) is 16.9 Å². The number of carbonyl (C=O) groups is 1. The van der Waals surface area contributed by atoms with Crippen molar-refractivity contribution in [2.45, 2.75) is 6.54 Å². The number of nitrogens with one attached hydrogen (secondary N) is 1. The number of hydrogen-bond donors (Lipinski definition) is 3. The first-order valence-electron chi connectivity index (χ1n) is 6.15. The number of imidazole rings is 1. The standard InChI is InChI=1S/C13H12N6O2/c14-8-1-3-9(4-2-8)19-7-18-11-10(5-15-13(20)21)16-6-17-12(11)19/h1-4,6-7,15H,5,14H2,(H,20,21). The van der Waals surface area contributed by atoms with Crippen LogP contribution in [0.2, 0.25) is 0 Å². The number of nitrogens with two attached hydrogens (primary N) is 1. The van der Waals surface area contributed by atoms with E-state index >= 15 is 0 Å². The van der Waals surface area contributed by atoms with Crippen molar-refractivity contribution in [3.05, 3.63) is 42.6 Å². The van der Waals surface area contributed by atoms with Crippen LogP contribution in [0.3, 0.4) is 0 Å². The van der Waals surface area contributed by atoms with E-state index in [9.17, 15) is 4.79 Å². The number of nitrogens with zero attached hydrogens (tertiary/aromatic N) is 4. The SMILES string of the molecule is Nc1ccc(-n2cnc3c(CNC(=O)O)ncnc32)cc1. The molecule has 0 aliphatic rings. The van der Waals surface area contributed by atoms with Gasteiger partial charge in [-0.15, -0.1) is 0 Å². The van der Waals surface area contributed by atoms with Gasteiger partial charge in [0, 0.05) is 11.4 Å². The lowest BCUT2D eigenvalue weighted by Gasteiger charge is -2.05. The number of aromatic nitrogens is 4. The van der Waals surface area contributed by atoms with Crippen LogP contribution in [0, 0.1) is 0 Å². The zero-order valence-electron chi connectivity index (χ0n) is 10.9. The maximum atomic E-state index is 10.6. The molecule has 3 rings (SSSR count). The largest absolute Gasteiger partial charge is 0.465 e. The molecule has 0 unspecified atom stereocenters. The molecule has 0 fully saturated rings. The average molecular weight is 284 g/mol. The summed E-state index contributed by atoms with van der Waals surface area (Å²) < 4.78 is 1.79. The molecule has 0 bridgehead atoms. The highest BCUT2D eigenvalue weighted by Crippen LogP contribution is 2.18. The Labute approximate surface area is 119 Å². The molecule has 0 saturated carbocycles. The van der Waals surface area contributed by atoms with Crippen LogP contribution in [-0.2, 0) is 6.54 Å². The van der Waals surface area contributed by atoms with E-state index < -0.39 is 6.09 Å². The molecule has 0 aliphatic carbocycles. The summed E-state index contributed by atoms with van der Waals surface area (Å²) in [4.78, 5) is 23.1. The van der Waals surface area contributed by atoms with E-state index in [4.69, 9.17) is 10.8 Å². The topological polar surface area (TPSA) is 119 Å². The second-order valence-corrected chi connectivity index (χ2v) is 4.36. The molecule has 4 N–H and O–H groups in total. The van der Waals surface area contributed by atoms with Crippen molar-refractivity contribution < 1.29 is 9.90 Å². The van der Waals surface area contributed by atoms with Crippen molar-refractivity contribution >= 4 is 22.9 Å². The highest BCUT2D eigenvalue weighted by molar-refractivity contribution is 5.76. The first-order chi connectivity index (χ1) is 10.1. The highest BCUT2D eigenvalue weighted by Gasteiger charge is 2.11. The Balaban J connectivity index is 2.04. The molecule has 3 aromatic rings. The number of rotatable bonds is 3. The van der Waals surface area contributed by atoms with Crippen LogP contribution < -0.4 is 11.1 Å². The first-order valence-corrected chi connectivity index (χ1v) is 6.15. The van der Waals surface area contributed by atoms with Gasteiger partial charge in [-0.05, 0) is 24.3 Å². The normalized spacial score (nSPS) is 10.7. The number of amides is 1. The van der Waals surface area contributed by atoms with E-state index in [-0.39, 0.29) is 6.54 Å². The predicted molar refractivity (Wildman–Crippen MR) is 75.9 cm³/mol. The summed E-state index contributed by atoms with van der Waals surface area (Å²) in [6, 6.07) is 7.28. The van der Waals surface area contributed by atoms with Crippen LogP contribution in [0.4, 0.5) is 10.5 Å². The minimum absolute atomic E-state index is 0.0765. The Hall–Kier alpha value is -3.16. The molecular weight excluding hydrogens is 272 g/mol. The maximum Gasteiger partial charge on any atom is 0.404 e. The average Bonchev–Trinajstić information content (AvgIpc) is 2.90. The molecule has 0 spiro atoms. The summed E-state index contributed by atoms with van der Waals surface area (Å²) in [6.45, 7) is 0.0765. The van der Waals surface area contributed by atoms with E-state index in [1.165, 1.54) is 6.33 Å². The molecule has 8 heteroatoms. The number of anilines is 1. The van der Waals surface area contributed by atoms with E-state index in [0.29, 0.717) is 22.5 Å². The van der Waals surface area contributed by atoms with Gasteiger partial charge in [-0.1, -0.05) is 0 Å². The molecular formula is C13H12N6O2. The monoisotopic (exact) mass is 284 g/mol. The molecule has 0 saturated heterocycles. The van der Waals surface area contributed by atoms with Gasteiger partial charge < -0.3 is 16.2 Å². The van der Waals surface area contributed by atoms with E-state index in [1.807, 2.05) is 12.1 Å². The number of nitrogen functional groups attached to an aromatic ring is 1. The van der Waals surface area contributed by atoms with Crippen molar-refractivity contribution in [2.24, 2.45) is 0 Å². The summed E-state index contributed by atoms with van der Waals surface area (Å²) in [6.07, 6.45) is 1.89. The molecule has 0 radical (unpaired) electrons. The van der Waals surface area contributed by atoms with E-state index in [1.54, 1.807) is 23.0 Å². The van der Waals surface area contributed by atoms with Gasteiger partial charge in [-0.25, -0.2) is 19.7 Å². The van der Waals surface area contributed by atoms with Crippen LogP contribution >= 0.6 is 0 Å². The summed E-state index contributed by atoms with van der Waals surface area (Å²) >= 11 is 0. The molecule has 2 heterocycles. The third-order valence-corrected chi connectivity index (χ3v) is 2.99. The fraction of sp³-hybridized carbons (Fsp3) is 0.0769. The molecule has 1 aromatic carbocycles. The number of benzene rings is 1. The smallest absolute Gasteiger partial charge is 0.404 e. The predicted octanol–water partition coefficient (Wildman–Crippen LogP) is 1.17. The summed E-state index contributed by atoms with van der Waals surface area (Å²) in [5.74, 6) is 0. The van der Waals surface area contributed by atoms with Gasteiger partial charge in [0.25, 0.3) is 0 Å². The van der Waals surface area contributed by atoms with Gasteiger partial charge in [0.05, 0.1) is 12.2 Å². The van der Waals surface area contributed by atoms with Crippen LogP contribution in [0.1, 0.15) is 5.69 Å². The first kappa shape index (κ1) is 12.9. The van der Waals surface area contributed by atoms with Gasteiger partial charge in [-0.2, -0.15) is 0 Å². The Bertz CT molecular complexity index is 796. The summed E-state index contributed by atoms with van der Waals surface area (Å²) in [7, 11) is 0. The van der Waals surface area contributed by atoms with Crippen molar-refractivity contribution in [3.8, 4) is 5.69 Å². The molecule has 106 valence electrons.